The fourth-order valence-corrected chi connectivity index (χ4v) is 3.09. The van der Waals surface area contributed by atoms with E-state index in [4.69, 9.17) is 16.7 Å². The molecule has 1 fully saturated rings. The highest BCUT2D eigenvalue weighted by Crippen LogP contribution is 2.24. The maximum atomic E-state index is 12.5. The minimum atomic E-state index is -1.04. The molecule has 0 atom stereocenters. The van der Waals surface area contributed by atoms with Crippen LogP contribution in [0.4, 0.5) is 5.69 Å². The summed E-state index contributed by atoms with van der Waals surface area (Å²) < 4.78 is 1.13. The van der Waals surface area contributed by atoms with E-state index in [2.05, 4.69) is 10.4 Å². The van der Waals surface area contributed by atoms with Crippen molar-refractivity contribution in [1.82, 2.24) is 9.78 Å². The van der Waals surface area contributed by atoms with Gasteiger partial charge in [-0.25, -0.2) is 4.79 Å². The van der Waals surface area contributed by atoms with Crippen molar-refractivity contribution in [1.29, 1.82) is 0 Å². The van der Waals surface area contributed by atoms with Crippen LogP contribution in [0.15, 0.2) is 35.3 Å². The number of carboxylic acid groups (broad SMARTS) is 1. The Bertz CT molecular complexity index is 827. The van der Waals surface area contributed by atoms with Gasteiger partial charge >= 0.3 is 5.97 Å². The van der Waals surface area contributed by atoms with Gasteiger partial charge in [-0.3, -0.25) is 4.79 Å². The van der Waals surface area contributed by atoms with Gasteiger partial charge in [0.15, 0.2) is 0 Å². The molecule has 1 saturated carbocycles. The molecule has 1 aromatic carbocycles. The molecule has 8 heteroatoms. The molecule has 0 saturated heterocycles. The summed E-state index contributed by atoms with van der Waals surface area (Å²) in [5.74, 6) is -1.04. The van der Waals surface area contributed by atoms with E-state index in [1.807, 2.05) is 0 Å². The molecule has 1 aromatic heterocycles. The quantitative estimate of drug-likeness (QED) is 0.770. The number of aromatic nitrogens is 2. The SMILES string of the molecule is O=C(O)c1ccc(-n2ncc(NC3CCC(O)CC3)c(Cl)c2=O)cc1. The van der Waals surface area contributed by atoms with E-state index in [0.29, 0.717) is 11.4 Å². The molecule has 0 bridgehead atoms. The topological polar surface area (TPSA) is 104 Å². The summed E-state index contributed by atoms with van der Waals surface area (Å²) in [6, 6.07) is 5.96. The Hall–Kier alpha value is -2.38. The van der Waals surface area contributed by atoms with Crippen molar-refractivity contribution in [2.45, 2.75) is 37.8 Å². The van der Waals surface area contributed by atoms with Gasteiger partial charge in [-0.05, 0) is 49.9 Å². The van der Waals surface area contributed by atoms with Crippen LogP contribution in [0.5, 0.6) is 0 Å². The molecular weight excluding hydrogens is 346 g/mol. The fourth-order valence-electron chi connectivity index (χ4n) is 2.90. The smallest absolute Gasteiger partial charge is 0.335 e. The first-order chi connectivity index (χ1) is 12.0. The van der Waals surface area contributed by atoms with E-state index in [9.17, 15) is 14.7 Å². The van der Waals surface area contributed by atoms with Crippen LogP contribution in [0.1, 0.15) is 36.0 Å². The van der Waals surface area contributed by atoms with Gasteiger partial charge in [0, 0.05) is 6.04 Å². The number of aliphatic hydroxyl groups excluding tert-OH is 1. The first-order valence-corrected chi connectivity index (χ1v) is 8.39. The Morgan fingerprint density at radius 3 is 2.44 bits per heavy atom. The van der Waals surface area contributed by atoms with Gasteiger partial charge in [-0.1, -0.05) is 11.6 Å². The van der Waals surface area contributed by atoms with Crippen molar-refractivity contribution in [3.63, 3.8) is 0 Å². The third kappa shape index (κ3) is 3.83. The van der Waals surface area contributed by atoms with Crippen molar-refractivity contribution in [2.24, 2.45) is 0 Å². The third-order valence-corrected chi connectivity index (χ3v) is 4.70. The minimum Gasteiger partial charge on any atom is -0.478 e. The lowest BCUT2D eigenvalue weighted by atomic mass is 9.93. The van der Waals surface area contributed by atoms with Gasteiger partial charge in [0.1, 0.15) is 5.02 Å². The molecule has 0 amide bonds. The van der Waals surface area contributed by atoms with Crippen LogP contribution in [-0.4, -0.2) is 38.1 Å². The normalized spacial score (nSPS) is 20.2. The lowest BCUT2D eigenvalue weighted by Crippen LogP contribution is -2.30. The fraction of sp³-hybridized carbons (Fsp3) is 0.353. The highest BCUT2D eigenvalue weighted by Gasteiger charge is 2.21. The molecule has 0 spiro atoms. The number of aliphatic hydroxyl groups is 1. The number of anilines is 1. The second-order valence-corrected chi connectivity index (χ2v) is 6.47. The molecule has 0 unspecified atom stereocenters. The maximum absolute atomic E-state index is 12.5. The molecule has 1 aliphatic rings. The predicted molar refractivity (Wildman–Crippen MR) is 93.7 cm³/mol. The molecule has 132 valence electrons. The van der Waals surface area contributed by atoms with E-state index in [1.54, 1.807) is 0 Å². The molecule has 25 heavy (non-hydrogen) atoms. The van der Waals surface area contributed by atoms with Crippen molar-refractivity contribution < 1.29 is 15.0 Å². The number of hydrogen-bond acceptors (Lipinski definition) is 5. The number of rotatable bonds is 4. The summed E-state index contributed by atoms with van der Waals surface area (Å²) in [6.45, 7) is 0. The Morgan fingerprint density at radius 2 is 1.84 bits per heavy atom. The third-order valence-electron chi connectivity index (χ3n) is 4.33. The van der Waals surface area contributed by atoms with E-state index in [0.717, 1.165) is 30.4 Å². The van der Waals surface area contributed by atoms with Crippen molar-refractivity contribution in [3.05, 3.63) is 51.4 Å². The first-order valence-electron chi connectivity index (χ1n) is 8.02. The highest BCUT2D eigenvalue weighted by molar-refractivity contribution is 6.33. The summed E-state index contributed by atoms with van der Waals surface area (Å²) in [6.07, 6.45) is 4.27. The number of hydrogen-bond donors (Lipinski definition) is 3. The van der Waals surface area contributed by atoms with Crippen molar-refractivity contribution in [2.75, 3.05) is 5.32 Å². The monoisotopic (exact) mass is 363 g/mol. The molecular formula is C17H18ClN3O4. The maximum Gasteiger partial charge on any atom is 0.335 e. The largest absolute Gasteiger partial charge is 0.478 e. The standard InChI is InChI=1S/C17H18ClN3O4/c18-15-14(20-11-3-7-13(22)8-4-11)9-19-21(16(15)23)12-5-1-10(2-6-12)17(24)25/h1-2,5-6,9,11,13,20,22H,3-4,7-8H2,(H,24,25). The molecule has 2 aromatic rings. The van der Waals surface area contributed by atoms with E-state index in [1.165, 1.54) is 30.5 Å². The molecule has 1 heterocycles. The number of aromatic carboxylic acids is 1. The number of halogens is 1. The Morgan fingerprint density at radius 1 is 1.20 bits per heavy atom. The van der Waals surface area contributed by atoms with Gasteiger partial charge in [-0.15, -0.1) is 0 Å². The van der Waals surface area contributed by atoms with E-state index < -0.39 is 11.5 Å². The van der Waals surface area contributed by atoms with Gasteiger partial charge in [-0.2, -0.15) is 9.78 Å². The van der Waals surface area contributed by atoms with Gasteiger partial charge < -0.3 is 15.5 Å². The van der Waals surface area contributed by atoms with Gasteiger partial charge in [0.2, 0.25) is 0 Å². The van der Waals surface area contributed by atoms with Crippen LogP contribution in [0.2, 0.25) is 5.02 Å². The van der Waals surface area contributed by atoms with E-state index in [-0.39, 0.29) is 22.7 Å². The molecule has 7 nitrogen and oxygen atoms in total. The van der Waals surface area contributed by atoms with Crippen LogP contribution in [0.25, 0.3) is 5.69 Å². The predicted octanol–water partition coefficient (Wildman–Crippen LogP) is 2.30. The molecule has 3 N–H and O–H groups in total. The second-order valence-electron chi connectivity index (χ2n) is 6.09. The van der Waals surface area contributed by atoms with Crippen molar-refractivity contribution >= 4 is 23.3 Å². The lowest BCUT2D eigenvalue weighted by Gasteiger charge is -2.27. The second kappa shape index (κ2) is 7.25. The Kier molecular flexibility index (Phi) is 5.06. The molecule has 0 radical (unpaired) electrons. The molecule has 0 aliphatic heterocycles. The summed E-state index contributed by atoms with van der Waals surface area (Å²) >= 11 is 6.20. The number of carboxylic acids is 1. The average molecular weight is 364 g/mol. The zero-order chi connectivity index (χ0) is 18.0. The molecule has 1 aliphatic carbocycles. The number of nitrogens with zero attached hydrogens (tertiary/aromatic N) is 2. The van der Waals surface area contributed by atoms with Crippen LogP contribution in [0.3, 0.4) is 0 Å². The van der Waals surface area contributed by atoms with Crippen LogP contribution in [0, 0.1) is 0 Å². The number of nitrogens with one attached hydrogen (secondary N) is 1. The molecule has 3 rings (SSSR count). The van der Waals surface area contributed by atoms with Crippen molar-refractivity contribution in [3.8, 4) is 5.69 Å². The average Bonchev–Trinajstić information content (AvgIpc) is 2.61. The number of carbonyl (C=O) groups is 1. The number of benzene rings is 1. The highest BCUT2D eigenvalue weighted by atomic mass is 35.5. The minimum absolute atomic E-state index is 0.0310. The van der Waals surface area contributed by atoms with Crippen LogP contribution >= 0.6 is 11.6 Å². The van der Waals surface area contributed by atoms with Gasteiger partial charge in [0.25, 0.3) is 5.56 Å². The summed E-state index contributed by atoms with van der Waals surface area (Å²) in [5.41, 5.74) is 0.543. The van der Waals surface area contributed by atoms with Gasteiger partial charge in [0.05, 0.1) is 29.2 Å². The first kappa shape index (κ1) is 17.4. The van der Waals surface area contributed by atoms with Crippen LogP contribution in [-0.2, 0) is 0 Å². The van der Waals surface area contributed by atoms with E-state index >= 15 is 0 Å². The Labute approximate surface area is 148 Å². The summed E-state index contributed by atoms with van der Waals surface area (Å²) in [7, 11) is 0. The summed E-state index contributed by atoms with van der Waals surface area (Å²) in [5, 5.41) is 25.8. The summed E-state index contributed by atoms with van der Waals surface area (Å²) in [4.78, 5) is 23.4. The lowest BCUT2D eigenvalue weighted by molar-refractivity contribution is 0.0697. The zero-order valence-corrected chi connectivity index (χ0v) is 14.1. The van der Waals surface area contributed by atoms with Crippen LogP contribution < -0.4 is 10.9 Å². The zero-order valence-electron chi connectivity index (χ0n) is 13.4. The Balaban J connectivity index is 1.82.